The molecular weight excluding hydrogens is 356 g/mol. The van der Waals surface area contributed by atoms with Gasteiger partial charge in [0.05, 0.1) is 0 Å². The lowest BCUT2D eigenvalue weighted by Crippen LogP contribution is -2.31. The third-order valence-corrected chi connectivity index (χ3v) is 5.78. The average Bonchev–Trinajstić information content (AvgIpc) is 3.03. The lowest BCUT2D eigenvalue weighted by atomic mass is 9.91. The number of nitrogens with zero attached hydrogens (tertiary/aromatic N) is 3. The fourth-order valence-electron chi connectivity index (χ4n) is 4.07. The average molecular weight is 381 g/mol. The second-order valence-electron chi connectivity index (χ2n) is 7.83. The van der Waals surface area contributed by atoms with E-state index in [2.05, 4.69) is 59.5 Å². The van der Waals surface area contributed by atoms with E-state index in [9.17, 15) is 0 Å². The first-order chi connectivity index (χ1) is 13.0. The van der Waals surface area contributed by atoms with Gasteiger partial charge in [-0.25, -0.2) is 0 Å². The number of likely N-dealkylation sites (tertiary alicyclic amines) is 1. The van der Waals surface area contributed by atoms with E-state index < -0.39 is 0 Å². The first-order valence-corrected chi connectivity index (χ1v) is 9.87. The van der Waals surface area contributed by atoms with E-state index in [4.69, 9.17) is 11.6 Å². The Kier molecular flexibility index (Phi) is 5.02. The third-order valence-electron chi connectivity index (χ3n) is 5.53. The van der Waals surface area contributed by atoms with E-state index in [0.717, 1.165) is 46.0 Å². The zero-order valence-electron chi connectivity index (χ0n) is 16.0. The minimum atomic E-state index is 0.383. The van der Waals surface area contributed by atoms with Gasteiger partial charge in [-0.15, -0.1) is 10.2 Å². The largest absolute Gasteiger partial charge is 0.364 e. The molecule has 0 saturated carbocycles. The highest BCUT2D eigenvalue weighted by atomic mass is 35.5. The van der Waals surface area contributed by atoms with Gasteiger partial charge in [-0.2, -0.15) is 0 Å². The second-order valence-corrected chi connectivity index (χ2v) is 8.27. The summed E-state index contributed by atoms with van der Waals surface area (Å²) >= 11 is 6.04. The Bertz CT molecular complexity index is 939. The Morgan fingerprint density at radius 2 is 1.70 bits per heavy atom. The number of aromatic nitrogens is 2. The third kappa shape index (κ3) is 3.64. The van der Waals surface area contributed by atoms with E-state index in [-0.39, 0.29) is 0 Å². The summed E-state index contributed by atoms with van der Waals surface area (Å²) < 4.78 is 0. The van der Waals surface area contributed by atoms with Crippen LogP contribution >= 0.6 is 11.6 Å². The maximum Gasteiger partial charge on any atom is 0.156 e. The van der Waals surface area contributed by atoms with E-state index in [1.165, 1.54) is 0 Å². The van der Waals surface area contributed by atoms with Gasteiger partial charge < -0.3 is 10.2 Å². The van der Waals surface area contributed by atoms with E-state index in [0.29, 0.717) is 17.9 Å². The van der Waals surface area contributed by atoms with Crippen molar-refractivity contribution in [1.82, 2.24) is 15.1 Å². The van der Waals surface area contributed by atoms with Crippen molar-refractivity contribution in [2.45, 2.75) is 19.9 Å². The quantitative estimate of drug-likeness (QED) is 0.695. The van der Waals surface area contributed by atoms with Crippen LogP contribution in [0.2, 0.25) is 5.02 Å². The number of nitrogens with one attached hydrogen (secondary N) is 1. The van der Waals surface area contributed by atoms with E-state index in [1.807, 2.05) is 30.3 Å². The summed E-state index contributed by atoms with van der Waals surface area (Å²) in [6.45, 7) is 6.74. The highest BCUT2D eigenvalue weighted by Crippen LogP contribution is 2.32. The van der Waals surface area contributed by atoms with Crippen LogP contribution in [0.15, 0.2) is 48.5 Å². The Balaban J connectivity index is 1.73. The molecule has 1 fully saturated rings. The van der Waals surface area contributed by atoms with Crippen molar-refractivity contribution >= 4 is 28.2 Å². The van der Waals surface area contributed by atoms with Gasteiger partial charge in [-0.3, -0.25) is 0 Å². The molecule has 0 radical (unpaired) electrons. The molecule has 0 aliphatic carbocycles. The summed E-state index contributed by atoms with van der Waals surface area (Å²) in [6, 6.07) is 16.5. The highest BCUT2D eigenvalue weighted by molar-refractivity contribution is 6.30. The van der Waals surface area contributed by atoms with Gasteiger partial charge in [0, 0.05) is 40.5 Å². The normalized spacial score (nSPS) is 20.5. The number of rotatable bonds is 4. The van der Waals surface area contributed by atoms with Gasteiger partial charge in [0.2, 0.25) is 0 Å². The zero-order chi connectivity index (χ0) is 19.0. The molecule has 2 aromatic carbocycles. The molecular formula is C22H25ClN4. The lowest BCUT2D eigenvalue weighted by molar-refractivity contribution is 0.348. The summed E-state index contributed by atoms with van der Waals surface area (Å²) in [6.07, 6.45) is 0. The van der Waals surface area contributed by atoms with Crippen molar-refractivity contribution in [3.63, 3.8) is 0 Å². The SMILES string of the molecule is CC(C)[C@@H]1CN(C)C[C@H]1Nc1nnc(-c2ccc(Cl)cc2)c2ccccc12. The molecule has 0 unspecified atom stereocenters. The fraction of sp³-hybridized carbons (Fsp3) is 0.364. The van der Waals surface area contributed by atoms with Crippen LogP contribution in [0.3, 0.4) is 0 Å². The Hall–Kier alpha value is -2.17. The molecule has 1 N–H and O–H groups in total. The van der Waals surface area contributed by atoms with Crippen molar-refractivity contribution in [1.29, 1.82) is 0 Å². The van der Waals surface area contributed by atoms with E-state index in [1.54, 1.807) is 0 Å². The summed E-state index contributed by atoms with van der Waals surface area (Å²) in [5, 5.41) is 15.8. The number of hydrogen-bond acceptors (Lipinski definition) is 4. The highest BCUT2D eigenvalue weighted by Gasteiger charge is 2.33. The molecule has 0 spiro atoms. The predicted molar refractivity (Wildman–Crippen MR) is 113 cm³/mol. The minimum Gasteiger partial charge on any atom is -0.364 e. The van der Waals surface area contributed by atoms with Crippen LogP contribution in [-0.2, 0) is 0 Å². The van der Waals surface area contributed by atoms with Crippen molar-refractivity contribution in [2.75, 3.05) is 25.5 Å². The second kappa shape index (κ2) is 7.45. The van der Waals surface area contributed by atoms with E-state index >= 15 is 0 Å². The van der Waals surface area contributed by atoms with Crippen LogP contribution in [0.1, 0.15) is 13.8 Å². The van der Waals surface area contributed by atoms with Crippen molar-refractivity contribution < 1.29 is 0 Å². The lowest BCUT2D eigenvalue weighted by Gasteiger charge is -2.24. The summed E-state index contributed by atoms with van der Waals surface area (Å²) in [5.41, 5.74) is 1.91. The summed E-state index contributed by atoms with van der Waals surface area (Å²) in [5.74, 6) is 2.10. The summed E-state index contributed by atoms with van der Waals surface area (Å²) in [4.78, 5) is 2.39. The van der Waals surface area contributed by atoms with Crippen LogP contribution in [0.25, 0.3) is 22.0 Å². The Morgan fingerprint density at radius 1 is 1.00 bits per heavy atom. The van der Waals surface area contributed by atoms with Crippen molar-refractivity contribution in [3.8, 4) is 11.3 Å². The topological polar surface area (TPSA) is 41.0 Å². The first kappa shape index (κ1) is 18.2. The number of likely N-dealkylation sites (N-methyl/N-ethyl adjacent to an activating group) is 1. The Labute approximate surface area is 165 Å². The van der Waals surface area contributed by atoms with Gasteiger partial charge >= 0.3 is 0 Å². The summed E-state index contributed by atoms with van der Waals surface area (Å²) in [7, 11) is 2.18. The number of benzene rings is 2. The fourth-order valence-corrected chi connectivity index (χ4v) is 4.19. The first-order valence-electron chi connectivity index (χ1n) is 9.49. The molecule has 0 amide bonds. The van der Waals surface area contributed by atoms with Crippen LogP contribution in [0.4, 0.5) is 5.82 Å². The standard InChI is InChI=1S/C22H25ClN4/c1-14(2)19-12-27(3)13-20(19)24-22-18-7-5-4-6-17(18)21(25-26-22)15-8-10-16(23)11-9-15/h4-11,14,19-20H,12-13H2,1-3H3,(H,24,26)/t19-,20+/m0/s1. The monoisotopic (exact) mass is 380 g/mol. The number of anilines is 1. The molecule has 0 bridgehead atoms. The van der Waals surface area contributed by atoms with Gasteiger partial charge in [0.15, 0.2) is 5.82 Å². The van der Waals surface area contributed by atoms with Crippen LogP contribution < -0.4 is 5.32 Å². The molecule has 1 aliphatic heterocycles. The van der Waals surface area contributed by atoms with Gasteiger partial charge in [0.1, 0.15) is 5.69 Å². The number of fused-ring (bicyclic) bond motifs is 1. The molecule has 2 atom stereocenters. The van der Waals surface area contributed by atoms with Gasteiger partial charge in [0.25, 0.3) is 0 Å². The van der Waals surface area contributed by atoms with Crippen molar-refractivity contribution in [3.05, 3.63) is 53.6 Å². The van der Waals surface area contributed by atoms with Crippen LogP contribution in [-0.4, -0.2) is 41.3 Å². The molecule has 5 heteroatoms. The molecule has 27 heavy (non-hydrogen) atoms. The number of halogens is 1. The number of hydrogen-bond donors (Lipinski definition) is 1. The predicted octanol–water partition coefficient (Wildman–Crippen LogP) is 4.95. The molecule has 4 nitrogen and oxygen atoms in total. The minimum absolute atomic E-state index is 0.383. The smallest absolute Gasteiger partial charge is 0.156 e. The van der Waals surface area contributed by atoms with Crippen LogP contribution in [0.5, 0.6) is 0 Å². The molecule has 1 aliphatic rings. The molecule has 1 aromatic heterocycles. The zero-order valence-corrected chi connectivity index (χ0v) is 16.7. The van der Waals surface area contributed by atoms with Crippen LogP contribution in [0, 0.1) is 11.8 Å². The van der Waals surface area contributed by atoms with Gasteiger partial charge in [-0.1, -0.05) is 61.8 Å². The molecule has 3 aromatic rings. The van der Waals surface area contributed by atoms with Crippen molar-refractivity contribution in [2.24, 2.45) is 11.8 Å². The Morgan fingerprint density at radius 3 is 2.41 bits per heavy atom. The molecule has 140 valence electrons. The van der Waals surface area contributed by atoms with Gasteiger partial charge in [-0.05, 0) is 31.0 Å². The maximum atomic E-state index is 6.04. The maximum absolute atomic E-state index is 6.04. The molecule has 1 saturated heterocycles. The molecule has 4 rings (SSSR count). The molecule has 2 heterocycles.